The van der Waals surface area contributed by atoms with Crippen LogP contribution in [0.5, 0.6) is 0 Å². The van der Waals surface area contributed by atoms with E-state index in [1.807, 2.05) is 0 Å². The Hall–Kier alpha value is -0.220. The summed E-state index contributed by atoms with van der Waals surface area (Å²) in [6.07, 6.45) is 2.34. The highest BCUT2D eigenvalue weighted by Gasteiger charge is 2.32. The second kappa shape index (κ2) is 4.16. The van der Waals surface area contributed by atoms with Gasteiger partial charge in [0.15, 0.2) is 5.58 Å². The standard InChI is InChI=1S/C12H10BrCl2NO/c13-6-3-7(14)12-10(11(6)15)9(5-1-2-5)8(4-16)17-12/h3,5H,1-2,4,16H2. The second-order valence-corrected chi connectivity index (χ2v) is 5.92. The molecule has 90 valence electrons. The van der Waals surface area contributed by atoms with Crippen LogP contribution in [0.1, 0.15) is 30.1 Å². The normalized spacial score (nSPS) is 15.8. The van der Waals surface area contributed by atoms with Crippen LogP contribution in [0.3, 0.4) is 0 Å². The minimum Gasteiger partial charge on any atom is -0.458 e. The van der Waals surface area contributed by atoms with Crippen molar-refractivity contribution in [3.63, 3.8) is 0 Å². The molecule has 17 heavy (non-hydrogen) atoms. The van der Waals surface area contributed by atoms with Gasteiger partial charge in [-0.25, -0.2) is 0 Å². The topological polar surface area (TPSA) is 39.2 Å². The summed E-state index contributed by atoms with van der Waals surface area (Å²) in [5.41, 5.74) is 7.53. The number of hydrogen-bond acceptors (Lipinski definition) is 2. The van der Waals surface area contributed by atoms with Crippen LogP contribution in [0.2, 0.25) is 10.0 Å². The zero-order valence-corrected chi connectivity index (χ0v) is 12.0. The van der Waals surface area contributed by atoms with Crippen molar-refractivity contribution in [1.82, 2.24) is 0 Å². The molecule has 1 fully saturated rings. The molecule has 0 spiro atoms. The molecule has 0 atom stereocenters. The first-order valence-corrected chi connectivity index (χ1v) is 6.97. The first-order chi connectivity index (χ1) is 8.13. The summed E-state index contributed by atoms with van der Waals surface area (Å²) in [6, 6.07) is 1.76. The van der Waals surface area contributed by atoms with Crippen LogP contribution in [0, 0.1) is 0 Å². The molecule has 0 radical (unpaired) electrons. The molecule has 1 aliphatic rings. The highest BCUT2D eigenvalue weighted by Crippen LogP contribution is 2.50. The lowest BCUT2D eigenvalue weighted by molar-refractivity contribution is 0.546. The smallest absolute Gasteiger partial charge is 0.154 e. The number of furan rings is 1. The Morgan fingerprint density at radius 3 is 2.71 bits per heavy atom. The summed E-state index contributed by atoms with van der Waals surface area (Å²) in [5.74, 6) is 1.34. The third kappa shape index (κ3) is 1.80. The van der Waals surface area contributed by atoms with Crippen LogP contribution in [0.4, 0.5) is 0 Å². The molecule has 2 N–H and O–H groups in total. The van der Waals surface area contributed by atoms with Gasteiger partial charge in [0.2, 0.25) is 0 Å². The lowest BCUT2D eigenvalue weighted by Gasteiger charge is -2.02. The van der Waals surface area contributed by atoms with E-state index < -0.39 is 0 Å². The Bertz CT molecular complexity index is 604. The van der Waals surface area contributed by atoms with E-state index >= 15 is 0 Å². The van der Waals surface area contributed by atoms with Gasteiger partial charge < -0.3 is 10.2 Å². The largest absolute Gasteiger partial charge is 0.458 e. The molecule has 0 aliphatic heterocycles. The SMILES string of the molecule is NCc1oc2c(Cl)cc(Br)c(Cl)c2c1C1CC1. The van der Waals surface area contributed by atoms with Gasteiger partial charge in [-0.05, 0) is 40.8 Å². The lowest BCUT2D eigenvalue weighted by atomic mass is 10.1. The summed E-state index contributed by atoms with van der Waals surface area (Å²) in [6.45, 7) is 0.380. The molecule has 0 amide bonds. The predicted octanol–water partition coefficient (Wildman–Crippen LogP) is 4.84. The van der Waals surface area contributed by atoms with Crippen molar-refractivity contribution in [1.29, 1.82) is 0 Å². The summed E-state index contributed by atoms with van der Waals surface area (Å²) >= 11 is 15.9. The third-order valence-electron chi connectivity index (χ3n) is 3.09. The maximum Gasteiger partial charge on any atom is 0.154 e. The third-order valence-corrected chi connectivity index (χ3v) is 4.62. The number of halogens is 3. The fraction of sp³-hybridized carbons (Fsp3) is 0.333. The number of fused-ring (bicyclic) bond motifs is 1. The number of nitrogens with two attached hydrogens (primary N) is 1. The van der Waals surface area contributed by atoms with Gasteiger partial charge in [0.25, 0.3) is 0 Å². The molecule has 2 nitrogen and oxygen atoms in total. The summed E-state index contributed by atoms with van der Waals surface area (Å²) in [5, 5.41) is 2.15. The van der Waals surface area contributed by atoms with Crippen LogP contribution in [-0.2, 0) is 6.54 Å². The van der Waals surface area contributed by atoms with Crippen LogP contribution in [-0.4, -0.2) is 0 Å². The highest BCUT2D eigenvalue weighted by molar-refractivity contribution is 9.10. The van der Waals surface area contributed by atoms with E-state index in [4.69, 9.17) is 33.4 Å². The fourth-order valence-electron chi connectivity index (χ4n) is 2.19. The van der Waals surface area contributed by atoms with E-state index in [2.05, 4.69) is 15.9 Å². The van der Waals surface area contributed by atoms with Crippen LogP contribution < -0.4 is 5.73 Å². The Morgan fingerprint density at radius 1 is 1.41 bits per heavy atom. The maximum absolute atomic E-state index is 6.34. The average Bonchev–Trinajstić information content (AvgIpc) is 3.06. The number of hydrogen-bond donors (Lipinski definition) is 1. The quantitative estimate of drug-likeness (QED) is 0.798. The Kier molecular flexibility index (Phi) is 2.90. The van der Waals surface area contributed by atoms with Crippen LogP contribution in [0.15, 0.2) is 15.0 Å². The molecule has 1 heterocycles. The summed E-state index contributed by atoms with van der Waals surface area (Å²) in [4.78, 5) is 0. The van der Waals surface area contributed by atoms with Crippen LogP contribution in [0.25, 0.3) is 11.0 Å². The molecular weight excluding hydrogens is 325 g/mol. The Balaban J connectivity index is 2.42. The van der Waals surface area contributed by atoms with E-state index in [9.17, 15) is 0 Å². The second-order valence-electron chi connectivity index (χ2n) is 4.28. The van der Waals surface area contributed by atoms with E-state index in [0.717, 1.165) is 21.2 Å². The van der Waals surface area contributed by atoms with Gasteiger partial charge in [-0.1, -0.05) is 23.2 Å². The van der Waals surface area contributed by atoms with Gasteiger partial charge in [-0.2, -0.15) is 0 Å². The van der Waals surface area contributed by atoms with Gasteiger partial charge in [0.1, 0.15) is 5.76 Å². The highest BCUT2D eigenvalue weighted by atomic mass is 79.9. The molecule has 5 heteroatoms. The van der Waals surface area contributed by atoms with Gasteiger partial charge >= 0.3 is 0 Å². The van der Waals surface area contributed by atoms with Crippen molar-refractivity contribution in [2.45, 2.75) is 25.3 Å². The number of benzene rings is 1. The van der Waals surface area contributed by atoms with Gasteiger partial charge in [0, 0.05) is 15.4 Å². The average molecular weight is 335 g/mol. The Labute approximate surface area is 117 Å². The lowest BCUT2D eigenvalue weighted by Crippen LogP contribution is -1.97. The van der Waals surface area contributed by atoms with Gasteiger partial charge in [-0.15, -0.1) is 0 Å². The van der Waals surface area contributed by atoms with E-state index in [1.165, 1.54) is 12.8 Å². The molecule has 2 aromatic rings. The van der Waals surface area contributed by atoms with Crippen molar-refractivity contribution in [2.24, 2.45) is 5.73 Å². The van der Waals surface area contributed by atoms with Gasteiger partial charge in [0.05, 0.1) is 16.6 Å². The minimum absolute atomic E-state index is 0.380. The van der Waals surface area contributed by atoms with Crippen molar-refractivity contribution in [3.05, 3.63) is 31.9 Å². The minimum atomic E-state index is 0.380. The molecule has 0 bridgehead atoms. The number of rotatable bonds is 2. The molecule has 0 unspecified atom stereocenters. The maximum atomic E-state index is 6.34. The Morgan fingerprint density at radius 2 is 2.12 bits per heavy atom. The molecule has 1 saturated carbocycles. The molecule has 3 rings (SSSR count). The van der Waals surface area contributed by atoms with E-state index in [0.29, 0.717) is 28.1 Å². The first kappa shape index (κ1) is 11.8. The van der Waals surface area contributed by atoms with E-state index in [1.54, 1.807) is 6.07 Å². The monoisotopic (exact) mass is 333 g/mol. The molecule has 1 aromatic carbocycles. The summed E-state index contributed by atoms with van der Waals surface area (Å²) in [7, 11) is 0. The first-order valence-electron chi connectivity index (χ1n) is 5.42. The zero-order valence-electron chi connectivity index (χ0n) is 8.90. The fourth-order valence-corrected chi connectivity index (χ4v) is 3.24. The van der Waals surface area contributed by atoms with Crippen LogP contribution >= 0.6 is 39.1 Å². The van der Waals surface area contributed by atoms with Crippen molar-refractivity contribution in [3.8, 4) is 0 Å². The molecular formula is C12H10BrCl2NO. The molecule has 0 saturated heterocycles. The van der Waals surface area contributed by atoms with Crippen molar-refractivity contribution >= 4 is 50.1 Å². The summed E-state index contributed by atoms with van der Waals surface area (Å²) < 4.78 is 6.55. The van der Waals surface area contributed by atoms with Crippen molar-refractivity contribution < 1.29 is 4.42 Å². The molecule has 1 aromatic heterocycles. The molecule has 1 aliphatic carbocycles. The van der Waals surface area contributed by atoms with E-state index in [-0.39, 0.29) is 0 Å². The van der Waals surface area contributed by atoms with Gasteiger partial charge in [-0.3, -0.25) is 0 Å². The van der Waals surface area contributed by atoms with Crippen molar-refractivity contribution in [2.75, 3.05) is 0 Å². The zero-order chi connectivity index (χ0) is 12.2. The predicted molar refractivity (Wildman–Crippen MR) is 73.8 cm³/mol.